The topological polar surface area (TPSA) is 45.8 Å². The molecular weight excluding hydrogens is 248 g/mol. The molecule has 4 nitrogen and oxygen atoms in total. The fraction of sp³-hybridized carbons (Fsp3) is 0.231. The van der Waals surface area contributed by atoms with Crippen molar-refractivity contribution in [1.82, 2.24) is 5.01 Å². The fourth-order valence-electron chi connectivity index (χ4n) is 2.09. The summed E-state index contributed by atoms with van der Waals surface area (Å²) in [6, 6.07) is 7.60. The summed E-state index contributed by atoms with van der Waals surface area (Å²) in [6.07, 6.45) is 2.32. The van der Waals surface area contributed by atoms with Crippen molar-refractivity contribution in [2.24, 2.45) is 5.10 Å². The van der Waals surface area contributed by atoms with Crippen molar-refractivity contribution in [3.63, 3.8) is 0 Å². The van der Waals surface area contributed by atoms with Crippen LogP contribution in [0.15, 0.2) is 45.4 Å². The van der Waals surface area contributed by atoms with Crippen LogP contribution in [-0.2, 0) is 4.79 Å². The molecule has 1 atom stereocenters. The lowest BCUT2D eigenvalue weighted by atomic mass is 10.1. The van der Waals surface area contributed by atoms with Crippen molar-refractivity contribution in [2.45, 2.75) is 19.4 Å². The van der Waals surface area contributed by atoms with Gasteiger partial charge in [-0.05, 0) is 23.6 Å². The summed E-state index contributed by atoms with van der Waals surface area (Å²) >= 11 is 1.63. The molecule has 92 valence electrons. The van der Waals surface area contributed by atoms with Crippen molar-refractivity contribution in [1.29, 1.82) is 0 Å². The van der Waals surface area contributed by atoms with E-state index < -0.39 is 0 Å². The molecule has 1 aliphatic rings. The van der Waals surface area contributed by atoms with Crippen LogP contribution in [0.5, 0.6) is 0 Å². The van der Waals surface area contributed by atoms with Gasteiger partial charge < -0.3 is 4.42 Å². The monoisotopic (exact) mass is 260 g/mol. The van der Waals surface area contributed by atoms with Crippen LogP contribution in [0.25, 0.3) is 0 Å². The Kier molecular flexibility index (Phi) is 2.76. The molecule has 0 saturated carbocycles. The van der Waals surface area contributed by atoms with E-state index in [1.807, 2.05) is 29.6 Å². The van der Waals surface area contributed by atoms with Crippen LogP contribution in [-0.4, -0.2) is 16.6 Å². The molecule has 0 bridgehead atoms. The molecule has 0 saturated heterocycles. The lowest BCUT2D eigenvalue weighted by molar-refractivity contribution is -0.130. The van der Waals surface area contributed by atoms with Gasteiger partial charge in [0.05, 0.1) is 16.9 Å². The highest BCUT2D eigenvalue weighted by molar-refractivity contribution is 7.12. The normalized spacial score (nSPS) is 19.1. The zero-order valence-corrected chi connectivity index (χ0v) is 10.7. The third-order valence-corrected chi connectivity index (χ3v) is 3.83. The van der Waals surface area contributed by atoms with Gasteiger partial charge >= 0.3 is 0 Å². The number of carbonyl (C=O) groups is 1. The first-order chi connectivity index (χ1) is 8.75. The molecular formula is C13H12N2O2S. The molecule has 3 rings (SSSR count). The Hall–Kier alpha value is -1.88. The molecule has 18 heavy (non-hydrogen) atoms. The van der Waals surface area contributed by atoms with E-state index in [4.69, 9.17) is 4.42 Å². The number of hydrogen-bond acceptors (Lipinski definition) is 4. The molecule has 0 aromatic carbocycles. The second-order valence-electron chi connectivity index (χ2n) is 4.12. The van der Waals surface area contributed by atoms with Gasteiger partial charge in [-0.3, -0.25) is 4.79 Å². The zero-order chi connectivity index (χ0) is 12.5. The molecule has 2 aromatic rings. The van der Waals surface area contributed by atoms with Crippen molar-refractivity contribution >= 4 is 23.0 Å². The average Bonchev–Trinajstić information content (AvgIpc) is 3.10. The zero-order valence-electron chi connectivity index (χ0n) is 9.87. The number of amides is 1. The van der Waals surface area contributed by atoms with Crippen molar-refractivity contribution in [3.05, 3.63) is 46.5 Å². The summed E-state index contributed by atoms with van der Waals surface area (Å²) in [6.45, 7) is 1.52. The first-order valence-corrected chi connectivity index (χ1v) is 6.58. The van der Waals surface area contributed by atoms with Crippen LogP contribution in [0.2, 0.25) is 0 Å². The van der Waals surface area contributed by atoms with Gasteiger partial charge in [0.15, 0.2) is 0 Å². The Morgan fingerprint density at radius 1 is 1.50 bits per heavy atom. The van der Waals surface area contributed by atoms with Gasteiger partial charge in [-0.2, -0.15) is 5.10 Å². The van der Waals surface area contributed by atoms with Gasteiger partial charge in [0, 0.05) is 13.3 Å². The van der Waals surface area contributed by atoms with Crippen LogP contribution >= 0.6 is 11.3 Å². The highest BCUT2D eigenvalue weighted by Crippen LogP contribution is 2.33. The molecule has 1 aliphatic heterocycles. The first-order valence-electron chi connectivity index (χ1n) is 5.70. The molecule has 5 heteroatoms. The maximum absolute atomic E-state index is 11.6. The Labute approximate surface area is 109 Å². The quantitative estimate of drug-likeness (QED) is 0.833. The molecule has 0 aliphatic carbocycles. The Morgan fingerprint density at radius 2 is 2.39 bits per heavy atom. The predicted molar refractivity (Wildman–Crippen MR) is 69.4 cm³/mol. The molecule has 0 N–H and O–H groups in total. The second-order valence-corrected chi connectivity index (χ2v) is 5.07. The predicted octanol–water partition coefficient (Wildman–Crippen LogP) is 3.04. The number of nitrogens with zero attached hydrogens (tertiary/aromatic N) is 2. The van der Waals surface area contributed by atoms with Crippen LogP contribution in [0.4, 0.5) is 0 Å². The number of thiophene rings is 1. The standard InChI is InChI=1S/C13H12N2O2S/c1-9(16)15-11(12-4-2-6-17-12)8-10(14-15)13-5-3-7-18-13/h2-7,11H,8H2,1H3/t11-/m0/s1. The third kappa shape index (κ3) is 1.86. The van der Waals surface area contributed by atoms with E-state index in [0.717, 1.165) is 16.3 Å². The summed E-state index contributed by atoms with van der Waals surface area (Å²) < 4.78 is 5.40. The summed E-state index contributed by atoms with van der Waals surface area (Å²) in [5.41, 5.74) is 0.946. The van der Waals surface area contributed by atoms with E-state index in [-0.39, 0.29) is 11.9 Å². The van der Waals surface area contributed by atoms with Crippen LogP contribution in [0, 0.1) is 0 Å². The van der Waals surface area contributed by atoms with E-state index >= 15 is 0 Å². The lowest BCUT2D eigenvalue weighted by Crippen LogP contribution is -2.23. The maximum Gasteiger partial charge on any atom is 0.240 e. The van der Waals surface area contributed by atoms with Crippen molar-refractivity contribution in [2.75, 3.05) is 0 Å². The van der Waals surface area contributed by atoms with Crippen molar-refractivity contribution in [3.8, 4) is 0 Å². The number of rotatable bonds is 2. The first kappa shape index (κ1) is 11.2. The second kappa shape index (κ2) is 4.42. The van der Waals surface area contributed by atoms with E-state index in [2.05, 4.69) is 5.10 Å². The van der Waals surface area contributed by atoms with E-state index in [1.54, 1.807) is 17.6 Å². The third-order valence-electron chi connectivity index (χ3n) is 2.91. The molecule has 2 aromatic heterocycles. The van der Waals surface area contributed by atoms with E-state index in [0.29, 0.717) is 6.42 Å². The number of furan rings is 1. The highest BCUT2D eigenvalue weighted by Gasteiger charge is 2.33. The average molecular weight is 260 g/mol. The Morgan fingerprint density at radius 3 is 3.00 bits per heavy atom. The number of hydrazone groups is 1. The Balaban J connectivity index is 1.93. The van der Waals surface area contributed by atoms with Crippen LogP contribution in [0.3, 0.4) is 0 Å². The van der Waals surface area contributed by atoms with Gasteiger partial charge in [-0.25, -0.2) is 5.01 Å². The van der Waals surface area contributed by atoms with Gasteiger partial charge in [0.25, 0.3) is 0 Å². The van der Waals surface area contributed by atoms with Gasteiger partial charge in [0.2, 0.25) is 5.91 Å². The molecule has 0 unspecified atom stereocenters. The lowest BCUT2D eigenvalue weighted by Gasteiger charge is -2.17. The summed E-state index contributed by atoms with van der Waals surface area (Å²) in [7, 11) is 0. The SMILES string of the molecule is CC(=O)N1N=C(c2cccs2)C[C@H]1c1ccco1. The molecule has 0 fully saturated rings. The van der Waals surface area contributed by atoms with Gasteiger partial charge in [-0.1, -0.05) is 6.07 Å². The Bertz CT molecular complexity index is 572. The number of hydrogen-bond donors (Lipinski definition) is 0. The van der Waals surface area contributed by atoms with Crippen molar-refractivity contribution < 1.29 is 9.21 Å². The summed E-state index contributed by atoms with van der Waals surface area (Å²) in [4.78, 5) is 12.8. The smallest absolute Gasteiger partial charge is 0.240 e. The van der Waals surface area contributed by atoms with Gasteiger partial charge in [-0.15, -0.1) is 11.3 Å². The summed E-state index contributed by atoms with van der Waals surface area (Å²) in [5, 5.41) is 7.94. The van der Waals surface area contributed by atoms with Crippen LogP contribution in [0.1, 0.15) is 30.0 Å². The molecule has 1 amide bonds. The maximum atomic E-state index is 11.6. The fourth-order valence-corrected chi connectivity index (χ4v) is 2.82. The minimum atomic E-state index is -0.116. The highest BCUT2D eigenvalue weighted by atomic mass is 32.1. The molecule has 0 spiro atoms. The minimum Gasteiger partial charge on any atom is -0.467 e. The largest absolute Gasteiger partial charge is 0.467 e. The minimum absolute atomic E-state index is 0.0667. The molecule has 0 radical (unpaired) electrons. The van der Waals surface area contributed by atoms with E-state index in [1.165, 1.54) is 11.9 Å². The molecule has 3 heterocycles. The van der Waals surface area contributed by atoms with Crippen LogP contribution < -0.4 is 0 Å². The number of carbonyl (C=O) groups excluding carboxylic acids is 1. The van der Waals surface area contributed by atoms with Gasteiger partial charge in [0.1, 0.15) is 11.8 Å². The summed E-state index contributed by atoms with van der Waals surface area (Å²) in [5.74, 6) is 0.712. The van der Waals surface area contributed by atoms with E-state index in [9.17, 15) is 4.79 Å².